The molecule has 6 heteroatoms. The van der Waals surface area contributed by atoms with Crippen molar-refractivity contribution >= 4 is 15.7 Å². The van der Waals surface area contributed by atoms with E-state index in [9.17, 15) is 13.2 Å². The summed E-state index contributed by atoms with van der Waals surface area (Å²) < 4.78 is 22.5. The Labute approximate surface area is 90.5 Å². The van der Waals surface area contributed by atoms with E-state index in [1.807, 2.05) is 0 Å². The van der Waals surface area contributed by atoms with Crippen molar-refractivity contribution in [3.05, 3.63) is 0 Å². The second kappa shape index (κ2) is 4.09. The van der Waals surface area contributed by atoms with Crippen LogP contribution in [0.3, 0.4) is 0 Å². The van der Waals surface area contributed by atoms with Crippen molar-refractivity contribution in [2.45, 2.75) is 25.0 Å². The van der Waals surface area contributed by atoms with Crippen LogP contribution in [0, 0.1) is 0 Å². The van der Waals surface area contributed by atoms with Crippen molar-refractivity contribution in [3.63, 3.8) is 0 Å². The number of carbonyl (C=O) groups is 1. The Balaban J connectivity index is 2.75. The zero-order valence-electron chi connectivity index (χ0n) is 9.19. The van der Waals surface area contributed by atoms with E-state index in [-0.39, 0.29) is 24.6 Å². The molecule has 0 unspecified atom stereocenters. The van der Waals surface area contributed by atoms with Gasteiger partial charge >= 0.3 is 0 Å². The molecule has 1 fully saturated rings. The molecule has 5 nitrogen and oxygen atoms in total. The van der Waals surface area contributed by atoms with E-state index in [0.717, 1.165) is 0 Å². The van der Waals surface area contributed by atoms with Gasteiger partial charge in [0, 0.05) is 26.1 Å². The number of amides is 1. The molecular formula is C9H18N2O3S. The molecule has 0 bridgehead atoms. The topological polar surface area (TPSA) is 80.5 Å². The van der Waals surface area contributed by atoms with Gasteiger partial charge in [0.1, 0.15) is 0 Å². The third-order valence-electron chi connectivity index (χ3n) is 2.75. The first-order chi connectivity index (χ1) is 6.80. The van der Waals surface area contributed by atoms with Gasteiger partial charge in [-0.25, -0.2) is 8.42 Å². The molecule has 0 saturated carbocycles. The first-order valence-corrected chi connectivity index (χ1v) is 6.65. The minimum absolute atomic E-state index is 0.0519. The highest BCUT2D eigenvalue weighted by Gasteiger charge is 2.41. The molecule has 0 aromatic heterocycles. The molecule has 0 aromatic rings. The molecule has 0 atom stereocenters. The molecule has 1 saturated heterocycles. The Bertz CT molecular complexity index is 348. The molecule has 2 N–H and O–H groups in total. The van der Waals surface area contributed by atoms with E-state index >= 15 is 0 Å². The quantitative estimate of drug-likeness (QED) is 0.690. The van der Waals surface area contributed by atoms with Crippen LogP contribution in [0.15, 0.2) is 0 Å². The fourth-order valence-corrected chi connectivity index (χ4v) is 3.00. The van der Waals surface area contributed by atoms with Gasteiger partial charge in [-0.1, -0.05) is 0 Å². The molecule has 15 heavy (non-hydrogen) atoms. The second-order valence-electron chi connectivity index (χ2n) is 4.43. The minimum Gasteiger partial charge on any atom is -0.340 e. The number of carbonyl (C=O) groups excluding carboxylic acids is 1. The van der Waals surface area contributed by atoms with E-state index in [1.165, 1.54) is 0 Å². The number of nitrogens with two attached hydrogens (primary N) is 1. The molecule has 0 aromatic carbocycles. The van der Waals surface area contributed by atoms with Crippen LogP contribution in [0.25, 0.3) is 0 Å². The second-order valence-corrected chi connectivity index (χ2v) is 7.18. The van der Waals surface area contributed by atoms with Crippen molar-refractivity contribution in [1.82, 2.24) is 4.90 Å². The van der Waals surface area contributed by atoms with E-state index in [1.54, 1.807) is 18.7 Å². The van der Waals surface area contributed by atoms with Gasteiger partial charge in [0.15, 0.2) is 9.84 Å². The summed E-state index contributed by atoms with van der Waals surface area (Å²) in [5.74, 6) is -0.00322. The van der Waals surface area contributed by atoms with Gasteiger partial charge in [-0.2, -0.15) is 0 Å². The Kier molecular flexibility index (Phi) is 3.40. The van der Waals surface area contributed by atoms with E-state index < -0.39 is 14.6 Å². The van der Waals surface area contributed by atoms with Gasteiger partial charge in [0.25, 0.3) is 0 Å². The van der Waals surface area contributed by atoms with Gasteiger partial charge in [-0.15, -0.1) is 0 Å². The third kappa shape index (κ3) is 2.49. The maximum atomic E-state index is 11.7. The summed E-state index contributed by atoms with van der Waals surface area (Å²) in [6, 6.07) is 0. The first kappa shape index (κ1) is 12.4. The summed E-state index contributed by atoms with van der Waals surface area (Å²) in [5, 5.41) is 0. The lowest BCUT2D eigenvalue weighted by molar-refractivity contribution is -0.131. The molecule has 88 valence electrons. The van der Waals surface area contributed by atoms with E-state index in [0.29, 0.717) is 13.1 Å². The van der Waals surface area contributed by atoms with Gasteiger partial charge < -0.3 is 10.6 Å². The maximum Gasteiger partial charge on any atom is 0.223 e. The molecule has 1 aliphatic heterocycles. The molecule has 0 radical (unpaired) electrons. The average Bonchev–Trinajstić information content (AvgIpc) is 2.10. The summed E-state index contributed by atoms with van der Waals surface area (Å²) in [6.07, 6.45) is 0.288. The molecule has 0 spiro atoms. The maximum absolute atomic E-state index is 11.7. The minimum atomic E-state index is -3.07. The van der Waals surface area contributed by atoms with Crippen molar-refractivity contribution < 1.29 is 13.2 Å². The lowest BCUT2D eigenvalue weighted by Gasteiger charge is -2.37. The Morgan fingerprint density at radius 3 is 2.53 bits per heavy atom. The van der Waals surface area contributed by atoms with Crippen molar-refractivity contribution in [3.8, 4) is 0 Å². The summed E-state index contributed by atoms with van der Waals surface area (Å²) in [6.45, 7) is 4.19. The predicted molar refractivity (Wildman–Crippen MR) is 58.1 cm³/mol. The van der Waals surface area contributed by atoms with Crippen LogP contribution in [0.2, 0.25) is 0 Å². The number of nitrogens with zero attached hydrogens (tertiary/aromatic N) is 1. The lowest BCUT2D eigenvalue weighted by atomic mass is 10.2. The fraction of sp³-hybridized carbons (Fsp3) is 0.889. The molecule has 1 amide bonds. The van der Waals surface area contributed by atoms with Crippen LogP contribution in [0.5, 0.6) is 0 Å². The zero-order valence-corrected chi connectivity index (χ0v) is 10.0. The van der Waals surface area contributed by atoms with Crippen LogP contribution < -0.4 is 5.73 Å². The van der Waals surface area contributed by atoms with Crippen molar-refractivity contribution in [1.29, 1.82) is 0 Å². The number of rotatable bonds is 2. The highest BCUT2D eigenvalue weighted by Crippen LogP contribution is 2.23. The van der Waals surface area contributed by atoms with Crippen LogP contribution >= 0.6 is 0 Å². The third-order valence-corrected chi connectivity index (χ3v) is 5.29. The number of hydrogen-bond donors (Lipinski definition) is 1. The van der Waals surface area contributed by atoms with Crippen molar-refractivity contribution in [2.24, 2.45) is 5.73 Å². The fourth-order valence-electron chi connectivity index (χ4n) is 1.64. The zero-order chi connectivity index (χ0) is 11.7. The van der Waals surface area contributed by atoms with Crippen LogP contribution in [-0.2, 0) is 14.6 Å². The number of sulfone groups is 1. The molecule has 1 rings (SSSR count). The normalized spacial score (nSPS) is 23.8. The smallest absolute Gasteiger partial charge is 0.223 e. The highest BCUT2D eigenvalue weighted by molar-refractivity contribution is 7.92. The predicted octanol–water partition coefficient (Wildman–Crippen LogP) is -0.629. The average molecular weight is 234 g/mol. The van der Waals surface area contributed by atoms with Gasteiger partial charge in [0.05, 0.1) is 10.5 Å². The van der Waals surface area contributed by atoms with Gasteiger partial charge in [0.2, 0.25) is 5.91 Å². The van der Waals surface area contributed by atoms with Gasteiger partial charge in [-0.05, 0) is 13.8 Å². The summed E-state index contributed by atoms with van der Waals surface area (Å²) in [5.41, 5.74) is 5.29. The van der Waals surface area contributed by atoms with Crippen molar-refractivity contribution in [2.75, 3.05) is 25.4 Å². The van der Waals surface area contributed by atoms with E-state index in [2.05, 4.69) is 0 Å². The lowest BCUT2D eigenvalue weighted by Crippen LogP contribution is -2.54. The Morgan fingerprint density at radius 1 is 1.47 bits per heavy atom. The molecule has 1 aliphatic rings. The molecular weight excluding hydrogens is 216 g/mol. The molecule has 1 heterocycles. The summed E-state index contributed by atoms with van der Waals surface area (Å²) in [7, 11) is -3.07. The number of hydrogen-bond acceptors (Lipinski definition) is 4. The summed E-state index contributed by atoms with van der Waals surface area (Å²) in [4.78, 5) is 13.1. The molecule has 0 aliphatic carbocycles. The summed E-state index contributed by atoms with van der Waals surface area (Å²) >= 11 is 0. The highest BCUT2D eigenvalue weighted by atomic mass is 32.2. The largest absolute Gasteiger partial charge is 0.340 e. The first-order valence-electron chi connectivity index (χ1n) is 5.00. The van der Waals surface area contributed by atoms with Crippen LogP contribution in [0.1, 0.15) is 20.3 Å². The van der Waals surface area contributed by atoms with Crippen LogP contribution in [0.4, 0.5) is 0 Å². The SMILES string of the molecule is CC1(C)CN(C(=O)CCN)CCS1(=O)=O. The Hall–Kier alpha value is -0.620. The van der Waals surface area contributed by atoms with E-state index in [4.69, 9.17) is 5.73 Å². The monoisotopic (exact) mass is 234 g/mol. The van der Waals surface area contributed by atoms with Crippen LogP contribution in [-0.4, -0.2) is 49.4 Å². The Morgan fingerprint density at radius 2 is 2.07 bits per heavy atom. The standard InChI is InChI=1S/C9H18N2O3S/c1-9(2)7-11(8(12)3-4-10)5-6-15(9,13)14/h3-7,10H2,1-2H3. The van der Waals surface area contributed by atoms with Gasteiger partial charge in [-0.3, -0.25) is 4.79 Å².